The van der Waals surface area contributed by atoms with Gasteiger partial charge in [-0.3, -0.25) is 0 Å². The van der Waals surface area contributed by atoms with Gasteiger partial charge >= 0.3 is 0 Å². The molecule has 1 fully saturated rings. The molecule has 1 heterocycles. The molecule has 0 atom stereocenters. The van der Waals surface area contributed by atoms with Crippen molar-refractivity contribution in [1.82, 2.24) is 4.98 Å². The first kappa shape index (κ1) is 13.6. The van der Waals surface area contributed by atoms with E-state index in [1.165, 1.54) is 34.7 Å². The number of anilines is 2. The molecule has 1 saturated carbocycles. The molecule has 1 aliphatic rings. The van der Waals surface area contributed by atoms with Crippen molar-refractivity contribution in [3.63, 3.8) is 0 Å². The van der Waals surface area contributed by atoms with Gasteiger partial charge in [-0.25, -0.2) is 4.98 Å². The van der Waals surface area contributed by atoms with E-state index in [1.54, 1.807) is 11.3 Å². The molecular weight excluding hydrogens is 266 g/mol. The van der Waals surface area contributed by atoms with Crippen molar-refractivity contribution in [3.05, 3.63) is 40.4 Å². The average molecular weight is 287 g/mol. The molecule has 0 aliphatic heterocycles. The molecule has 1 aromatic carbocycles. The van der Waals surface area contributed by atoms with E-state index in [0.717, 1.165) is 11.6 Å². The van der Waals surface area contributed by atoms with Gasteiger partial charge in [0.05, 0.1) is 5.69 Å². The summed E-state index contributed by atoms with van der Waals surface area (Å²) in [7, 11) is 2.08. The lowest BCUT2D eigenvalue weighted by Gasteiger charge is -2.16. The maximum Gasteiger partial charge on any atom is 0.190 e. The molecule has 1 aromatic heterocycles. The molecule has 0 saturated heterocycles. The quantitative estimate of drug-likeness (QED) is 0.909. The van der Waals surface area contributed by atoms with Gasteiger partial charge in [0.15, 0.2) is 5.13 Å². The smallest absolute Gasteiger partial charge is 0.190 e. The van der Waals surface area contributed by atoms with Gasteiger partial charge in [0, 0.05) is 30.1 Å². The Morgan fingerprint density at radius 3 is 2.55 bits per heavy atom. The number of nitrogens with zero attached hydrogens (tertiary/aromatic N) is 2. The number of nitrogens with two attached hydrogens (primary N) is 1. The Labute approximate surface area is 124 Å². The van der Waals surface area contributed by atoms with Crippen LogP contribution in [0.1, 0.15) is 41.8 Å². The summed E-state index contributed by atoms with van der Waals surface area (Å²) in [4.78, 5) is 8.24. The highest BCUT2D eigenvalue weighted by molar-refractivity contribution is 7.15. The lowest BCUT2D eigenvalue weighted by molar-refractivity contribution is 0.971. The molecule has 2 aromatic rings. The van der Waals surface area contributed by atoms with Crippen molar-refractivity contribution in [2.75, 3.05) is 11.9 Å². The molecule has 106 valence electrons. The fourth-order valence-electron chi connectivity index (χ4n) is 2.38. The van der Waals surface area contributed by atoms with Crippen molar-refractivity contribution in [3.8, 4) is 0 Å². The molecule has 0 amide bonds. The standard InChI is InChI=1S/C16H21N3S/c1-3-11-4-8-13(9-5-11)19(2)16-18-15(12-6-7-12)14(10-17)20-16/h4-5,8-9,12H,3,6-7,10,17H2,1-2H3. The van der Waals surface area contributed by atoms with Crippen LogP contribution in [0.3, 0.4) is 0 Å². The summed E-state index contributed by atoms with van der Waals surface area (Å²) in [5.74, 6) is 0.661. The minimum Gasteiger partial charge on any atom is -0.326 e. The van der Waals surface area contributed by atoms with E-state index in [-0.39, 0.29) is 0 Å². The predicted octanol–water partition coefficient (Wildman–Crippen LogP) is 3.81. The van der Waals surface area contributed by atoms with Gasteiger partial charge in [-0.2, -0.15) is 0 Å². The topological polar surface area (TPSA) is 42.2 Å². The number of aryl methyl sites for hydroxylation is 1. The Balaban J connectivity index is 1.87. The molecule has 3 rings (SSSR count). The van der Waals surface area contributed by atoms with Crippen molar-refractivity contribution in [1.29, 1.82) is 0 Å². The first-order valence-corrected chi connectivity index (χ1v) is 8.07. The normalized spacial score (nSPS) is 14.6. The average Bonchev–Trinajstić information content (AvgIpc) is 3.25. The third-order valence-corrected chi connectivity index (χ3v) is 5.05. The number of rotatable bonds is 5. The fourth-order valence-corrected chi connectivity index (χ4v) is 3.39. The molecule has 4 heteroatoms. The fraction of sp³-hybridized carbons (Fsp3) is 0.438. The number of thiazole rings is 1. The van der Waals surface area contributed by atoms with Gasteiger partial charge in [-0.1, -0.05) is 30.4 Å². The van der Waals surface area contributed by atoms with E-state index in [2.05, 4.69) is 43.1 Å². The van der Waals surface area contributed by atoms with Crippen molar-refractivity contribution in [2.24, 2.45) is 5.73 Å². The van der Waals surface area contributed by atoms with Crippen LogP contribution in [-0.4, -0.2) is 12.0 Å². The zero-order valence-electron chi connectivity index (χ0n) is 12.1. The summed E-state index contributed by atoms with van der Waals surface area (Å²) in [6.45, 7) is 2.78. The Morgan fingerprint density at radius 2 is 2.00 bits per heavy atom. The molecule has 0 radical (unpaired) electrons. The third kappa shape index (κ3) is 2.58. The third-order valence-electron chi connectivity index (χ3n) is 3.88. The van der Waals surface area contributed by atoms with E-state index < -0.39 is 0 Å². The van der Waals surface area contributed by atoms with Gasteiger partial charge in [0.1, 0.15) is 0 Å². The van der Waals surface area contributed by atoms with Crippen LogP contribution in [0, 0.1) is 0 Å². The zero-order valence-corrected chi connectivity index (χ0v) is 12.9. The van der Waals surface area contributed by atoms with Gasteiger partial charge < -0.3 is 10.6 Å². The summed E-state index contributed by atoms with van der Waals surface area (Å²) in [6.07, 6.45) is 3.61. The number of aromatic nitrogens is 1. The van der Waals surface area contributed by atoms with Crippen LogP contribution in [0.4, 0.5) is 10.8 Å². The summed E-state index contributed by atoms with van der Waals surface area (Å²) in [6, 6.07) is 8.70. The highest BCUT2D eigenvalue weighted by Crippen LogP contribution is 2.44. The predicted molar refractivity (Wildman–Crippen MR) is 85.9 cm³/mol. The second-order valence-electron chi connectivity index (χ2n) is 5.36. The minimum absolute atomic E-state index is 0.603. The second kappa shape index (κ2) is 5.54. The monoisotopic (exact) mass is 287 g/mol. The van der Waals surface area contributed by atoms with Crippen LogP contribution in [0.25, 0.3) is 0 Å². The van der Waals surface area contributed by atoms with Crippen LogP contribution in [0.5, 0.6) is 0 Å². The maximum absolute atomic E-state index is 5.86. The minimum atomic E-state index is 0.603. The number of hydrogen-bond acceptors (Lipinski definition) is 4. The van der Waals surface area contributed by atoms with E-state index in [4.69, 9.17) is 10.7 Å². The van der Waals surface area contributed by atoms with Gasteiger partial charge in [-0.15, -0.1) is 0 Å². The van der Waals surface area contributed by atoms with Crippen LogP contribution in [0.2, 0.25) is 0 Å². The largest absolute Gasteiger partial charge is 0.326 e. The molecule has 2 N–H and O–H groups in total. The molecule has 0 bridgehead atoms. The maximum atomic E-state index is 5.86. The number of benzene rings is 1. The van der Waals surface area contributed by atoms with Crippen molar-refractivity contribution < 1.29 is 0 Å². The first-order chi connectivity index (χ1) is 9.72. The Hall–Kier alpha value is -1.39. The summed E-state index contributed by atoms with van der Waals surface area (Å²) >= 11 is 1.73. The highest BCUT2D eigenvalue weighted by atomic mass is 32.1. The lowest BCUT2D eigenvalue weighted by atomic mass is 10.1. The molecule has 0 spiro atoms. The summed E-state index contributed by atoms with van der Waals surface area (Å²) < 4.78 is 0. The van der Waals surface area contributed by atoms with E-state index in [9.17, 15) is 0 Å². The van der Waals surface area contributed by atoms with Gasteiger partial charge in [0.2, 0.25) is 0 Å². The summed E-state index contributed by atoms with van der Waals surface area (Å²) in [5.41, 5.74) is 9.64. The molecular formula is C16H21N3S. The van der Waals surface area contributed by atoms with Crippen LogP contribution < -0.4 is 10.6 Å². The zero-order chi connectivity index (χ0) is 14.1. The molecule has 0 unspecified atom stereocenters. The number of hydrogen-bond donors (Lipinski definition) is 1. The van der Waals surface area contributed by atoms with Gasteiger partial charge in [0.25, 0.3) is 0 Å². The van der Waals surface area contributed by atoms with E-state index in [0.29, 0.717) is 12.5 Å². The molecule has 1 aliphatic carbocycles. The lowest BCUT2D eigenvalue weighted by Crippen LogP contribution is -2.09. The van der Waals surface area contributed by atoms with Crippen LogP contribution >= 0.6 is 11.3 Å². The Bertz CT molecular complexity index is 584. The van der Waals surface area contributed by atoms with Crippen LogP contribution in [0.15, 0.2) is 24.3 Å². The SMILES string of the molecule is CCc1ccc(N(C)c2nc(C3CC3)c(CN)s2)cc1. The Kier molecular flexibility index (Phi) is 3.76. The van der Waals surface area contributed by atoms with E-state index >= 15 is 0 Å². The van der Waals surface area contributed by atoms with Gasteiger partial charge in [-0.05, 0) is 37.0 Å². The highest BCUT2D eigenvalue weighted by Gasteiger charge is 2.29. The van der Waals surface area contributed by atoms with Crippen LogP contribution in [-0.2, 0) is 13.0 Å². The second-order valence-corrected chi connectivity index (χ2v) is 6.42. The first-order valence-electron chi connectivity index (χ1n) is 7.25. The molecule has 20 heavy (non-hydrogen) atoms. The Morgan fingerprint density at radius 1 is 1.30 bits per heavy atom. The molecule has 3 nitrogen and oxygen atoms in total. The van der Waals surface area contributed by atoms with Crippen molar-refractivity contribution >= 4 is 22.2 Å². The van der Waals surface area contributed by atoms with Crippen molar-refractivity contribution in [2.45, 2.75) is 38.6 Å². The van der Waals surface area contributed by atoms with E-state index in [1.807, 2.05) is 0 Å². The summed E-state index contributed by atoms with van der Waals surface area (Å²) in [5, 5.41) is 1.05.